The predicted molar refractivity (Wildman–Crippen MR) is 160 cm³/mol. The number of nitrogens with zero attached hydrogens (tertiary/aromatic N) is 2. The molecule has 0 radical (unpaired) electrons. The van der Waals surface area contributed by atoms with Crippen LogP contribution in [-0.4, -0.2) is 26.5 Å². The van der Waals surface area contributed by atoms with Crippen molar-refractivity contribution in [3.8, 4) is 28.0 Å². The van der Waals surface area contributed by atoms with E-state index in [1.807, 2.05) is 53.9 Å². The fourth-order valence-corrected chi connectivity index (χ4v) is 5.58. The van der Waals surface area contributed by atoms with Gasteiger partial charge in [0, 0.05) is 29.7 Å². The van der Waals surface area contributed by atoms with E-state index in [9.17, 15) is 18.4 Å². The maximum absolute atomic E-state index is 14.1. The van der Waals surface area contributed by atoms with Gasteiger partial charge in [0.15, 0.2) is 11.6 Å². The summed E-state index contributed by atoms with van der Waals surface area (Å²) < 4.78 is 32.6. The summed E-state index contributed by atoms with van der Waals surface area (Å²) in [5, 5.41) is 2.37. The number of carbonyl (C=O) groups excluding carboxylic acids is 2. The third-order valence-electron chi connectivity index (χ3n) is 6.76. The van der Waals surface area contributed by atoms with Crippen molar-refractivity contribution in [1.29, 1.82) is 0 Å². The zero-order chi connectivity index (χ0) is 28.9. The number of rotatable bonds is 9. The zero-order valence-electron chi connectivity index (χ0n) is 22.4. The lowest BCUT2D eigenvalue weighted by Gasteiger charge is -2.22. The van der Waals surface area contributed by atoms with Gasteiger partial charge in [-0.15, -0.1) is 11.3 Å². The average Bonchev–Trinajstić information content (AvgIpc) is 3.46. The molecule has 5 rings (SSSR count). The van der Waals surface area contributed by atoms with Crippen LogP contribution < -0.4 is 14.5 Å². The van der Waals surface area contributed by atoms with Crippen molar-refractivity contribution in [1.82, 2.24) is 0 Å². The van der Waals surface area contributed by atoms with E-state index in [0.717, 1.165) is 29.7 Å². The molecule has 8 heteroatoms. The lowest BCUT2D eigenvalue weighted by Crippen LogP contribution is -2.29. The molecular formula is C33H26F2N2O3S. The van der Waals surface area contributed by atoms with Gasteiger partial charge in [-0.05, 0) is 46.5 Å². The molecule has 206 valence electrons. The normalized spacial score (nSPS) is 10.7. The summed E-state index contributed by atoms with van der Waals surface area (Å²) in [7, 11) is 3.24. The third kappa shape index (κ3) is 5.88. The van der Waals surface area contributed by atoms with Crippen molar-refractivity contribution in [2.75, 3.05) is 24.0 Å². The summed E-state index contributed by atoms with van der Waals surface area (Å²) in [5.41, 5.74) is 4.56. The molecule has 0 bridgehead atoms. The Labute approximate surface area is 240 Å². The van der Waals surface area contributed by atoms with Crippen LogP contribution in [0.3, 0.4) is 0 Å². The fourth-order valence-electron chi connectivity index (χ4n) is 4.54. The highest BCUT2D eigenvalue weighted by Gasteiger charge is 2.27. The van der Waals surface area contributed by atoms with E-state index in [0.29, 0.717) is 45.2 Å². The lowest BCUT2D eigenvalue weighted by molar-refractivity contribution is -0.107. The number of thiophene rings is 1. The van der Waals surface area contributed by atoms with Crippen molar-refractivity contribution < 1.29 is 23.1 Å². The van der Waals surface area contributed by atoms with Gasteiger partial charge >= 0.3 is 0 Å². The molecule has 0 saturated heterocycles. The van der Waals surface area contributed by atoms with E-state index >= 15 is 0 Å². The van der Waals surface area contributed by atoms with Crippen molar-refractivity contribution >= 4 is 34.3 Å². The van der Waals surface area contributed by atoms with E-state index in [2.05, 4.69) is 0 Å². The summed E-state index contributed by atoms with van der Waals surface area (Å²) in [4.78, 5) is 29.5. The summed E-state index contributed by atoms with van der Waals surface area (Å²) in [5.74, 6) is -1.52. The molecule has 0 aliphatic carbocycles. The molecule has 1 aromatic heterocycles. The minimum Gasteiger partial charge on any atom is -0.497 e. The maximum Gasteiger partial charge on any atom is 0.261 e. The van der Waals surface area contributed by atoms with Crippen LogP contribution in [-0.2, 0) is 11.3 Å². The van der Waals surface area contributed by atoms with Crippen molar-refractivity contribution in [2.24, 2.45) is 0 Å². The van der Waals surface area contributed by atoms with Gasteiger partial charge in [0.1, 0.15) is 10.8 Å². The Balaban J connectivity index is 1.57. The van der Waals surface area contributed by atoms with Gasteiger partial charge in [-0.3, -0.25) is 9.59 Å². The van der Waals surface area contributed by atoms with E-state index in [1.54, 1.807) is 44.5 Å². The lowest BCUT2D eigenvalue weighted by atomic mass is 9.98. The Bertz CT molecular complexity index is 1690. The highest BCUT2D eigenvalue weighted by atomic mass is 32.1. The molecule has 0 aliphatic heterocycles. The number of benzene rings is 4. The molecule has 0 unspecified atom stereocenters. The first-order valence-electron chi connectivity index (χ1n) is 12.7. The topological polar surface area (TPSA) is 49.9 Å². The van der Waals surface area contributed by atoms with E-state index in [4.69, 9.17) is 4.74 Å². The van der Waals surface area contributed by atoms with Gasteiger partial charge in [0.2, 0.25) is 6.41 Å². The quantitative estimate of drug-likeness (QED) is 0.171. The Hall–Kier alpha value is -4.82. The molecule has 5 aromatic rings. The molecule has 0 saturated carbocycles. The van der Waals surface area contributed by atoms with E-state index in [-0.39, 0.29) is 5.91 Å². The second-order valence-corrected chi connectivity index (χ2v) is 10.2. The molecule has 0 fully saturated rings. The smallest absolute Gasteiger partial charge is 0.261 e. The van der Waals surface area contributed by atoms with Crippen LogP contribution in [0.15, 0.2) is 102 Å². The standard InChI is InChI=1S/C33H26F2N2O3S/c1-36(26-9-6-10-27(18-26)40-2)32(39)31-28(20-41-33(31)37(21-38)19-22-7-4-3-5-8-22)24-13-11-23(12-14-24)25-15-16-29(34)30(35)17-25/h3-18,20-21H,19H2,1-2H3. The van der Waals surface area contributed by atoms with Crippen LogP contribution in [0.4, 0.5) is 19.5 Å². The number of halogens is 2. The Kier molecular flexibility index (Phi) is 8.21. The molecule has 0 spiro atoms. The molecule has 41 heavy (non-hydrogen) atoms. The second-order valence-electron chi connectivity index (χ2n) is 9.32. The van der Waals surface area contributed by atoms with Gasteiger partial charge in [-0.2, -0.15) is 0 Å². The number of hydrogen-bond donors (Lipinski definition) is 0. The molecule has 0 aliphatic rings. The summed E-state index contributed by atoms with van der Waals surface area (Å²) in [6, 6.07) is 27.7. The number of carbonyl (C=O) groups is 2. The second kappa shape index (κ2) is 12.1. The Morgan fingerprint density at radius 3 is 2.24 bits per heavy atom. The maximum atomic E-state index is 14.1. The number of ether oxygens (including phenoxy) is 1. The number of hydrogen-bond acceptors (Lipinski definition) is 4. The summed E-state index contributed by atoms with van der Waals surface area (Å²) in [6.07, 6.45) is 0.733. The minimum absolute atomic E-state index is 0.294. The van der Waals surface area contributed by atoms with Crippen LogP contribution in [0, 0.1) is 11.6 Å². The van der Waals surface area contributed by atoms with Gasteiger partial charge < -0.3 is 14.5 Å². The van der Waals surface area contributed by atoms with E-state index < -0.39 is 11.6 Å². The number of methoxy groups -OCH3 is 1. The summed E-state index contributed by atoms with van der Waals surface area (Å²) in [6.45, 7) is 0.294. The fraction of sp³-hybridized carbons (Fsp3) is 0.0909. The van der Waals surface area contributed by atoms with Crippen LogP contribution in [0.5, 0.6) is 5.75 Å². The first kappa shape index (κ1) is 27.7. The van der Waals surface area contributed by atoms with Crippen LogP contribution in [0.1, 0.15) is 15.9 Å². The van der Waals surface area contributed by atoms with Gasteiger partial charge in [0.25, 0.3) is 5.91 Å². The molecule has 0 atom stereocenters. The largest absolute Gasteiger partial charge is 0.497 e. The SMILES string of the molecule is COc1cccc(N(C)C(=O)c2c(-c3ccc(-c4ccc(F)c(F)c4)cc3)csc2N(C=O)Cc2ccccc2)c1. The number of amides is 2. The molecule has 4 aromatic carbocycles. The monoisotopic (exact) mass is 568 g/mol. The molecule has 0 N–H and O–H groups in total. The number of anilines is 2. The first-order chi connectivity index (χ1) is 19.9. The van der Waals surface area contributed by atoms with Crippen LogP contribution in [0.25, 0.3) is 22.3 Å². The minimum atomic E-state index is -0.921. The first-order valence-corrected chi connectivity index (χ1v) is 13.6. The van der Waals surface area contributed by atoms with Crippen LogP contribution in [0.2, 0.25) is 0 Å². The Morgan fingerprint density at radius 1 is 0.854 bits per heavy atom. The van der Waals surface area contributed by atoms with Crippen molar-refractivity contribution in [2.45, 2.75) is 6.54 Å². The third-order valence-corrected chi connectivity index (χ3v) is 7.78. The predicted octanol–water partition coefficient (Wildman–Crippen LogP) is 7.81. The van der Waals surface area contributed by atoms with E-state index in [1.165, 1.54) is 27.2 Å². The highest BCUT2D eigenvalue weighted by molar-refractivity contribution is 7.15. The van der Waals surface area contributed by atoms with Crippen LogP contribution >= 0.6 is 11.3 Å². The molecular weight excluding hydrogens is 542 g/mol. The van der Waals surface area contributed by atoms with Gasteiger partial charge in [0.05, 0.1) is 19.2 Å². The average molecular weight is 569 g/mol. The molecule has 5 nitrogen and oxygen atoms in total. The van der Waals surface area contributed by atoms with Crippen molar-refractivity contribution in [3.63, 3.8) is 0 Å². The Morgan fingerprint density at radius 2 is 1.56 bits per heavy atom. The highest BCUT2D eigenvalue weighted by Crippen LogP contribution is 2.40. The zero-order valence-corrected chi connectivity index (χ0v) is 23.2. The molecule has 1 heterocycles. The summed E-state index contributed by atoms with van der Waals surface area (Å²) >= 11 is 1.31. The van der Waals surface area contributed by atoms with Gasteiger partial charge in [-0.25, -0.2) is 8.78 Å². The molecule has 2 amide bonds. The van der Waals surface area contributed by atoms with Gasteiger partial charge in [-0.1, -0.05) is 66.7 Å². The van der Waals surface area contributed by atoms with Crippen molar-refractivity contribution in [3.05, 3.63) is 125 Å².